The van der Waals surface area contributed by atoms with E-state index in [0.29, 0.717) is 22.3 Å². The van der Waals surface area contributed by atoms with Gasteiger partial charge in [-0.25, -0.2) is 0 Å². The molecule has 9 rings (SSSR count). The van der Waals surface area contributed by atoms with Crippen LogP contribution in [0.1, 0.15) is 22.1 Å². The average Bonchev–Trinajstić information content (AvgIpc) is 3.54. The third-order valence-electron chi connectivity index (χ3n) is 8.69. The van der Waals surface area contributed by atoms with Crippen LogP contribution in [0.3, 0.4) is 0 Å². The van der Waals surface area contributed by atoms with Crippen molar-refractivity contribution in [2.24, 2.45) is 11.8 Å². The number of para-hydroxylation sites is 1. The molecular weight excluding hydrogens is 520 g/mol. The van der Waals surface area contributed by atoms with Gasteiger partial charge in [-0.2, -0.15) is 0 Å². The molecule has 1 heterocycles. The zero-order chi connectivity index (χ0) is 35.3. The van der Waals surface area contributed by atoms with Crippen molar-refractivity contribution >= 4 is 43.9 Å². The normalized spacial score (nSPS) is 21.0. The molecule has 6 aromatic carbocycles. The molecule has 0 N–H and O–H groups in total. The van der Waals surface area contributed by atoms with Crippen LogP contribution in [0.4, 0.5) is 0 Å². The van der Waals surface area contributed by atoms with E-state index in [0.717, 1.165) is 43.8 Å². The first-order chi connectivity index (χ1) is 24.7. The van der Waals surface area contributed by atoms with Crippen molar-refractivity contribution in [2.45, 2.75) is 0 Å². The van der Waals surface area contributed by atoms with Crippen molar-refractivity contribution in [3.8, 4) is 11.1 Å². The van der Waals surface area contributed by atoms with Crippen LogP contribution in [0.2, 0.25) is 0 Å². The highest BCUT2D eigenvalue weighted by atomic mass is 16.3. The van der Waals surface area contributed by atoms with E-state index in [1.807, 2.05) is 103 Å². The van der Waals surface area contributed by atoms with Crippen molar-refractivity contribution < 1.29 is 15.4 Å². The minimum absolute atomic E-state index is 0.156. The van der Waals surface area contributed by atoms with Gasteiger partial charge in [0.2, 0.25) is 0 Å². The molecule has 0 saturated heterocycles. The second kappa shape index (κ2) is 9.58. The van der Waals surface area contributed by atoms with Crippen molar-refractivity contribution in [1.29, 1.82) is 0 Å². The van der Waals surface area contributed by atoms with E-state index in [-0.39, 0.29) is 46.7 Å². The summed E-state index contributed by atoms with van der Waals surface area (Å²) in [5, 5.41) is 4.21. The van der Waals surface area contributed by atoms with Gasteiger partial charge in [-0.05, 0) is 72.8 Å². The summed E-state index contributed by atoms with van der Waals surface area (Å²) >= 11 is 0. The molecule has 0 aliphatic heterocycles. The van der Waals surface area contributed by atoms with E-state index in [1.165, 1.54) is 0 Å². The molecule has 0 saturated carbocycles. The SMILES string of the molecule is [2H]C1=C([2H])C2C(c3ccccc3)=c3c([2H])c([2H])c([2H])c([2H])c3=C(c3ccc(-c4ccc5oc6ccccc6c5c4)c4ccccc34)C2C([2H])=C1[2H]. The lowest BCUT2D eigenvalue weighted by molar-refractivity contribution is 0.669. The number of furan rings is 1. The number of fused-ring (bicyclic) bond motifs is 6. The van der Waals surface area contributed by atoms with Crippen molar-refractivity contribution in [3.63, 3.8) is 0 Å². The Kier molecular flexibility index (Phi) is 3.90. The highest BCUT2D eigenvalue weighted by molar-refractivity contribution is 6.09. The lowest BCUT2D eigenvalue weighted by atomic mass is 9.69. The Morgan fingerprint density at radius 2 is 1.09 bits per heavy atom. The maximum absolute atomic E-state index is 9.35. The smallest absolute Gasteiger partial charge is 0.135 e. The first-order valence-electron chi connectivity index (χ1n) is 18.4. The molecule has 0 fully saturated rings. The fraction of sp³-hybridized carbons (Fsp3) is 0.0476. The number of allylic oxidation sites excluding steroid dienone is 4. The van der Waals surface area contributed by atoms with E-state index in [1.54, 1.807) is 0 Å². The maximum atomic E-state index is 9.35. The topological polar surface area (TPSA) is 13.1 Å². The van der Waals surface area contributed by atoms with Gasteiger partial charge in [-0.15, -0.1) is 0 Å². The van der Waals surface area contributed by atoms with E-state index in [4.69, 9.17) is 9.90 Å². The van der Waals surface area contributed by atoms with E-state index < -0.39 is 23.9 Å². The standard InChI is InChI=1S/C42H28O/c1-2-12-27(13-3-1)41-33-17-6-8-19-35(33)42(36-20-9-7-18-34(36)41)37-24-23-29(30-14-4-5-15-31(30)37)28-22-25-40-38(26-28)32-16-10-11-21-39(32)43-40/h1-26,33,35H/i6D,7D,8D,9D,17D,18D,19D,20D. The van der Waals surface area contributed by atoms with Gasteiger partial charge in [-0.1, -0.05) is 139 Å². The average molecular weight is 557 g/mol. The molecule has 1 heteroatoms. The van der Waals surface area contributed by atoms with Crippen LogP contribution >= 0.6 is 0 Å². The van der Waals surface area contributed by atoms with Gasteiger partial charge in [-0.3, -0.25) is 0 Å². The third kappa shape index (κ3) is 3.72. The van der Waals surface area contributed by atoms with Crippen LogP contribution < -0.4 is 10.4 Å². The van der Waals surface area contributed by atoms with E-state index in [2.05, 4.69) is 6.07 Å². The highest BCUT2D eigenvalue weighted by Gasteiger charge is 2.32. The molecule has 2 atom stereocenters. The number of benzene rings is 6. The molecule has 2 unspecified atom stereocenters. The third-order valence-corrected chi connectivity index (χ3v) is 8.69. The lowest BCUT2D eigenvalue weighted by Gasteiger charge is -2.34. The van der Waals surface area contributed by atoms with E-state index >= 15 is 0 Å². The van der Waals surface area contributed by atoms with Crippen LogP contribution in [-0.2, 0) is 0 Å². The number of hydrogen-bond donors (Lipinski definition) is 0. The zero-order valence-corrected chi connectivity index (χ0v) is 23.0. The van der Waals surface area contributed by atoms with Gasteiger partial charge in [0.05, 0.1) is 11.0 Å². The fourth-order valence-corrected chi connectivity index (χ4v) is 6.82. The second-order valence-electron chi connectivity index (χ2n) is 11.0. The number of hydrogen-bond acceptors (Lipinski definition) is 1. The zero-order valence-electron chi connectivity index (χ0n) is 31.0. The Bertz CT molecular complexity index is 2850. The summed E-state index contributed by atoms with van der Waals surface area (Å²) in [4.78, 5) is 0. The molecule has 0 radical (unpaired) electrons. The molecule has 43 heavy (non-hydrogen) atoms. The van der Waals surface area contributed by atoms with Gasteiger partial charge in [0.15, 0.2) is 0 Å². The first-order valence-corrected chi connectivity index (χ1v) is 14.4. The summed E-state index contributed by atoms with van der Waals surface area (Å²) in [6, 6.07) is 32.6. The van der Waals surface area contributed by atoms with Crippen LogP contribution in [-0.4, -0.2) is 0 Å². The van der Waals surface area contributed by atoms with Crippen LogP contribution in [0, 0.1) is 11.8 Å². The van der Waals surface area contributed by atoms with Crippen LogP contribution in [0.5, 0.6) is 0 Å². The van der Waals surface area contributed by atoms with Gasteiger partial charge < -0.3 is 4.42 Å². The quantitative estimate of drug-likeness (QED) is 0.211. The molecule has 202 valence electrons. The minimum atomic E-state index is -0.954. The predicted molar refractivity (Wildman–Crippen MR) is 179 cm³/mol. The van der Waals surface area contributed by atoms with Crippen molar-refractivity contribution in [2.75, 3.05) is 0 Å². The molecule has 0 spiro atoms. The second-order valence-corrected chi connectivity index (χ2v) is 11.0. The Morgan fingerprint density at radius 3 is 1.88 bits per heavy atom. The molecule has 0 bridgehead atoms. The van der Waals surface area contributed by atoms with Crippen molar-refractivity contribution in [3.05, 3.63) is 179 Å². The number of rotatable bonds is 3. The molecule has 1 aromatic heterocycles. The Hall–Kier alpha value is -5.40. The van der Waals surface area contributed by atoms with Gasteiger partial charge in [0.1, 0.15) is 11.2 Å². The van der Waals surface area contributed by atoms with Gasteiger partial charge >= 0.3 is 0 Å². The monoisotopic (exact) mass is 556 g/mol. The molecule has 7 aromatic rings. The fourth-order valence-electron chi connectivity index (χ4n) is 6.82. The highest BCUT2D eigenvalue weighted by Crippen LogP contribution is 2.43. The molecule has 2 aliphatic carbocycles. The lowest BCUT2D eigenvalue weighted by Crippen LogP contribution is -2.40. The van der Waals surface area contributed by atoms with Gasteiger partial charge in [0.25, 0.3) is 0 Å². The molecule has 2 aliphatic rings. The Labute approximate surface area is 261 Å². The van der Waals surface area contributed by atoms with E-state index in [9.17, 15) is 5.48 Å². The summed E-state index contributed by atoms with van der Waals surface area (Å²) in [5.74, 6) is -1.89. The Morgan fingerprint density at radius 1 is 0.488 bits per heavy atom. The largest absolute Gasteiger partial charge is 0.456 e. The summed E-state index contributed by atoms with van der Waals surface area (Å²) in [6.07, 6.45) is 0. The van der Waals surface area contributed by atoms with Crippen LogP contribution in [0.25, 0.3) is 55.0 Å². The molecular formula is C42H28O. The summed E-state index contributed by atoms with van der Waals surface area (Å²) in [6.45, 7) is 0. The summed E-state index contributed by atoms with van der Waals surface area (Å²) in [7, 11) is 0. The molecule has 1 nitrogen and oxygen atoms in total. The van der Waals surface area contributed by atoms with Crippen LogP contribution in [0.15, 0.2) is 162 Å². The van der Waals surface area contributed by atoms with Crippen molar-refractivity contribution in [1.82, 2.24) is 0 Å². The predicted octanol–water partition coefficient (Wildman–Crippen LogP) is 9.18. The minimum Gasteiger partial charge on any atom is -0.456 e. The molecule has 0 amide bonds. The van der Waals surface area contributed by atoms with Gasteiger partial charge in [0, 0.05) is 22.6 Å². The summed E-state index contributed by atoms with van der Waals surface area (Å²) < 4.78 is 78.2. The maximum Gasteiger partial charge on any atom is 0.135 e. The Balaban J connectivity index is 1.43. The first kappa shape index (κ1) is 17.5. The summed E-state index contributed by atoms with van der Waals surface area (Å²) in [5.41, 5.74) is 5.70.